The lowest BCUT2D eigenvalue weighted by Gasteiger charge is -2.16. The fourth-order valence-electron chi connectivity index (χ4n) is 7.34. The van der Waals surface area contributed by atoms with Crippen LogP contribution in [0.15, 0.2) is 158 Å². The fourth-order valence-corrected chi connectivity index (χ4v) is 7.34. The maximum atomic E-state index is 10.5. The molecule has 0 aliphatic carbocycles. The first-order valence-corrected chi connectivity index (χ1v) is 15.9. The Bertz CT molecular complexity index is 2760. The molecule has 2 heterocycles. The summed E-state index contributed by atoms with van der Waals surface area (Å²) in [5.74, 6) is 0. The average Bonchev–Trinajstić information content (AvgIpc) is 3.68. The molecule has 9 aromatic rings. The Morgan fingerprint density at radius 2 is 0.979 bits per heavy atom. The Balaban J connectivity index is 1.19. The van der Waals surface area contributed by atoms with Crippen LogP contribution in [-0.4, -0.2) is 9.13 Å². The number of aromatic nitrogens is 2. The van der Waals surface area contributed by atoms with E-state index in [-0.39, 0.29) is 0 Å². The van der Waals surface area contributed by atoms with Crippen LogP contribution in [0.2, 0.25) is 0 Å². The van der Waals surface area contributed by atoms with Gasteiger partial charge in [-0.3, -0.25) is 0 Å². The molecule has 9 rings (SSSR count). The first-order valence-electron chi connectivity index (χ1n) is 15.9. The number of rotatable bonds is 4. The summed E-state index contributed by atoms with van der Waals surface area (Å²) < 4.78 is 4.53. The largest absolute Gasteiger partial charge is 0.309 e. The topological polar surface area (TPSA) is 57.4 Å². The van der Waals surface area contributed by atoms with Gasteiger partial charge in [0.15, 0.2) is 0 Å². The van der Waals surface area contributed by atoms with E-state index in [0.29, 0.717) is 11.1 Å². The van der Waals surface area contributed by atoms with Crippen LogP contribution in [0.5, 0.6) is 0 Å². The number of hydrogen-bond donors (Lipinski definition) is 0. The second-order valence-electron chi connectivity index (χ2n) is 12.0. The van der Waals surface area contributed by atoms with Gasteiger partial charge in [0.25, 0.3) is 0 Å². The summed E-state index contributed by atoms with van der Waals surface area (Å²) in [5, 5.41) is 24.8. The lowest BCUT2D eigenvalue weighted by atomic mass is 9.94. The number of hydrogen-bond acceptors (Lipinski definition) is 2. The Morgan fingerprint density at radius 3 is 1.71 bits per heavy atom. The van der Waals surface area contributed by atoms with Crippen molar-refractivity contribution in [2.24, 2.45) is 0 Å². The maximum absolute atomic E-state index is 10.5. The minimum atomic E-state index is 0.613. The van der Waals surface area contributed by atoms with E-state index in [0.717, 1.165) is 66.5 Å². The highest BCUT2D eigenvalue weighted by Gasteiger charge is 2.18. The van der Waals surface area contributed by atoms with E-state index in [9.17, 15) is 10.5 Å². The van der Waals surface area contributed by atoms with Crippen molar-refractivity contribution in [3.63, 3.8) is 0 Å². The molecule has 0 aliphatic heterocycles. The zero-order valence-electron chi connectivity index (χ0n) is 25.8. The van der Waals surface area contributed by atoms with E-state index in [2.05, 4.69) is 143 Å². The van der Waals surface area contributed by atoms with Crippen molar-refractivity contribution in [2.45, 2.75) is 0 Å². The van der Waals surface area contributed by atoms with Gasteiger partial charge in [-0.25, -0.2) is 0 Å². The Morgan fingerprint density at radius 1 is 0.396 bits per heavy atom. The van der Waals surface area contributed by atoms with Crippen LogP contribution in [0.4, 0.5) is 0 Å². The molecule has 4 nitrogen and oxygen atoms in total. The number of fused-ring (bicyclic) bond motifs is 6. The van der Waals surface area contributed by atoms with Crippen LogP contribution in [0.25, 0.3) is 77.2 Å². The number of nitriles is 2. The van der Waals surface area contributed by atoms with E-state index in [1.165, 1.54) is 10.8 Å². The van der Waals surface area contributed by atoms with Crippen molar-refractivity contribution in [1.82, 2.24) is 9.13 Å². The smallest absolute Gasteiger partial charge is 0.0998 e. The van der Waals surface area contributed by atoms with Crippen LogP contribution in [0, 0.1) is 22.7 Å². The monoisotopic (exact) mass is 610 g/mol. The quantitative estimate of drug-likeness (QED) is 0.199. The lowest BCUT2D eigenvalue weighted by Crippen LogP contribution is -1.98. The first-order chi connectivity index (χ1) is 23.7. The van der Waals surface area contributed by atoms with Crippen molar-refractivity contribution < 1.29 is 0 Å². The molecule has 0 radical (unpaired) electrons. The van der Waals surface area contributed by atoms with Gasteiger partial charge in [-0.15, -0.1) is 0 Å². The molecule has 0 aliphatic rings. The van der Waals surface area contributed by atoms with Gasteiger partial charge in [0.2, 0.25) is 0 Å². The van der Waals surface area contributed by atoms with Crippen LogP contribution >= 0.6 is 0 Å². The van der Waals surface area contributed by atoms with E-state index in [1.54, 1.807) is 0 Å². The summed E-state index contributed by atoms with van der Waals surface area (Å²) in [6.07, 6.45) is 0. The third kappa shape index (κ3) is 4.07. The van der Waals surface area contributed by atoms with Crippen molar-refractivity contribution in [2.75, 3.05) is 0 Å². The lowest BCUT2D eigenvalue weighted by molar-refractivity contribution is 1.18. The zero-order valence-corrected chi connectivity index (χ0v) is 25.8. The Hall–Kier alpha value is -6.88. The van der Waals surface area contributed by atoms with E-state index in [4.69, 9.17) is 0 Å². The molecule has 4 heteroatoms. The van der Waals surface area contributed by atoms with Crippen LogP contribution in [-0.2, 0) is 0 Å². The van der Waals surface area contributed by atoms with Gasteiger partial charge in [0.1, 0.15) is 0 Å². The minimum Gasteiger partial charge on any atom is -0.309 e. The van der Waals surface area contributed by atoms with Gasteiger partial charge in [-0.1, -0.05) is 103 Å². The van der Waals surface area contributed by atoms with Crippen LogP contribution in [0.3, 0.4) is 0 Å². The number of para-hydroxylation sites is 4. The maximum Gasteiger partial charge on any atom is 0.0998 e. The molecule has 0 unspecified atom stereocenters. The standard InChI is InChI=1S/C44H26N4/c45-27-31-12-10-22-43-44(31)38-17-4-8-21-42(38)47(43)33-13-9-11-29(26-33)30-23-24-34(32(25-30)28-46)35-14-1-5-18-39(35)48-40-19-6-2-15-36(40)37-16-3-7-20-41(37)48/h1-26H. The molecule has 0 fully saturated rings. The van der Waals surface area contributed by atoms with Crippen molar-refractivity contribution >= 4 is 43.6 Å². The van der Waals surface area contributed by atoms with E-state index in [1.807, 2.05) is 36.4 Å². The SMILES string of the molecule is N#Cc1cc(-c2cccc(-n3c4ccccc4c4c(C#N)cccc43)c2)ccc1-c1ccccc1-n1c2ccccc2c2ccccc21. The first kappa shape index (κ1) is 27.4. The van der Waals surface area contributed by atoms with Gasteiger partial charge in [-0.05, 0) is 65.7 Å². The van der Waals surface area contributed by atoms with Crippen LogP contribution < -0.4 is 0 Å². The van der Waals surface area contributed by atoms with Gasteiger partial charge in [0.05, 0.1) is 51.0 Å². The summed E-state index contributed by atoms with van der Waals surface area (Å²) in [6, 6.07) is 58.9. The molecule has 0 amide bonds. The fraction of sp³-hybridized carbons (Fsp3) is 0. The molecule has 0 N–H and O–H groups in total. The summed E-state index contributed by atoms with van der Waals surface area (Å²) >= 11 is 0. The number of benzene rings is 7. The predicted molar refractivity (Wildman–Crippen MR) is 195 cm³/mol. The van der Waals surface area contributed by atoms with Gasteiger partial charge in [0, 0.05) is 38.4 Å². The van der Waals surface area contributed by atoms with Crippen molar-refractivity contribution in [3.05, 3.63) is 169 Å². The molecule has 2 aromatic heterocycles. The van der Waals surface area contributed by atoms with Gasteiger partial charge >= 0.3 is 0 Å². The highest BCUT2D eigenvalue weighted by molar-refractivity contribution is 6.12. The molecule has 48 heavy (non-hydrogen) atoms. The summed E-state index contributed by atoms with van der Waals surface area (Å²) in [4.78, 5) is 0. The molecule has 222 valence electrons. The van der Waals surface area contributed by atoms with Gasteiger partial charge < -0.3 is 9.13 Å². The summed E-state index contributed by atoms with van der Waals surface area (Å²) in [7, 11) is 0. The Kier molecular flexibility index (Phi) is 6.22. The van der Waals surface area contributed by atoms with Crippen molar-refractivity contribution in [1.29, 1.82) is 10.5 Å². The van der Waals surface area contributed by atoms with Crippen molar-refractivity contribution in [3.8, 4) is 45.8 Å². The minimum absolute atomic E-state index is 0.613. The van der Waals surface area contributed by atoms with Gasteiger partial charge in [-0.2, -0.15) is 10.5 Å². The molecule has 0 bridgehead atoms. The normalized spacial score (nSPS) is 11.3. The molecule has 0 atom stereocenters. The molecular formula is C44H26N4. The molecule has 7 aromatic carbocycles. The third-order valence-corrected chi connectivity index (χ3v) is 9.41. The molecule has 0 saturated heterocycles. The van der Waals surface area contributed by atoms with Crippen LogP contribution in [0.1, 0.15) is 11.1 Å². The predicted octanol–water partition coefficient (Wildman–Crippen LogP) is 11.0. The van der Waals surface area contributed by atoms with E-state index < -0.39 is 0 Å². The average molecular weight is 611 g/mol. The summed E-state index contributed by atoms with van der Waals surface area (Å²) in [6.45, 7) is 0. The highest BCUT2D eigenvalue weighted by atomic mass is 15.0. The van der Waals surface area contributed by atoms with E-state index >= 15 is 0 Å². The number of nitrogens with zero attached hydrogens (tertiary/aromatic N) is 4. The third-order valence-electron chi connectivity index (χ3n) is 9.41. The molecular weight excluding hydrogens is 585 g/mol. The highest BCUT2D eigenvalue weighted by Crippen LogP contribution is 2.39. The molecule has 0 saturated carbocycles. The second-order valence-corrected chi connectivity index (χ2v) is 12.0. The zero-order chi connectivity index (χ0) is 32.2. The Labute approximate surface area is 277 Å². The second kappa shape index (κ2) is 10.9. The molecule has 0 spiro atoms. The summed E-state index contributed by atoms with van der Waals surface area (Å²) in [5.41, 5.74) is 11.5.